The van der Waals surface area contributed by atoms with E-state index in [1.54, 1.807) is 0 Å². The molecule has 17 heavy (non-hydrogen) atoms. The molecule has 0 aliphatic rings. The maximum atomic E-state index is 11.3. The fraction of sp³-hybridized carbons (Fsp3) is 0.400. The van der Waals surface area contributed by atoms with Crippen molar-refractivity contribution in [2.24, 2.45) is 0 Å². The largest absolute Gasteiger partial charge is 0.361 e. The molecule has 0 aliphatic carbocycles. The van der Waals surface area contributed by atoms with Gasteiger partial charge in [-0.15, -0.1) is 0 Å². The van der Waals surface area contributed by atoms with E-state index in [1.807, 2.05) is 13.8 Å². The molecule has 1 heterocycles. The first-order valence-corrected chi connectivity index (χ1v) is 5.12. The molecular weight excluding hydrogens is 224 g/mol. The van der Waals surface area contributed by atoms with Crippen LogP contribution in [-0.4, -0.2) is 28.4 Å². The Bertz CT molecular complexity index is 420. The maximum Gasteiger partial charge on any atom is 0.274 e. The van der Waals surface area contributed by atoms with Gasteiger partial charge in [-0.2, -0.15) is 0 Å². The zero-order valence-corrected chi connectivity index (χ0v) is 9.64. The summed E-state index contributed by atoms with van der Waals surface area (Å²) in [5, 5.41) is 15.9. The molecule has 0 aromatic carbocycles. The van der Waals surface area contributed by atoms with Crippen LogP contribution in [0.5, 0.6) is 0 Å². The van der Waals surface area contributed by atoms with E-state index >= 15 is 0 Å². The number of amides is 1. The number of rotatable bonds is 5. The number of anilines is 1. The van der Waals surface area contributed by atoms with Crippen LogP contribution < -0.4 is 10.6 Å². The number of hydrogen-bond acceptors (Lipinski definition) is 5. The first-order chi connectivity index (χ1) is 7.99. The highest BCUT2D eigenvalue weighted by molar-refractivity contribution is 5.80. The predicted octanol–water partition coefficient (Wildman–Crippen LogP) is 0.926. The fourth-order valence-electron chi connectivity index (χ4n) is 1.17. The van der Waals surface area contributed by atoms with Gasteiger partial charge in [-0.25, -0.2) is 4.98 Å². The molecular formula is C10H14N4O3. The van der Waals surface area contributed by atoms with Gasteiger partial charge in [0.15, 0.2) is 0 Å². The molecule has 0 atom stereocenters. The molecule has 0 fully saturated rings. The van der Waals surface area contributed by atoms with Gasteiger partial charge in [0, 0.05) is 18.3 Å². The first-order valence-electron chi connectivity index (χ1n) is 5.12. The Hall–Kier alpha value is -2.18. The Morgan fingerprint density at radius 2 is 2.29 bits per heavy atom. The molecule has 1 aromatic rings. The first kappa shape index (κ1) is 12.9. The third-order valence-corrected chi connectivity index (χ3v) is 1.83. The van der Waals surface area contributed by atoms with Crippen LogP contribution in [0.4, 0.5) is 11.5 Å². The van der Waals surface area contributed by atoms with Crippen LogP contribution in [0.1, 0.15) is 13.8 Å². The molecule has 1 amide bonds. The number of nitrogens with zero attached hydrogens (tertiary/aromatic N) is 2. The van der Waals surface area contributed by atoms with Crippen LogP contribution in [-0.2, 0) is 4.79 Å². The van der Waals surface area contributed by atoms with E-state index in [-0.39, 0.29) is 24.2 Å². The summed E-state index contributed by atoms with van der Waals surface area (Å²) in [6, 6.07) is 2.63. The van der Waals surface area contributed by atoms with Crippen LogP contribution in [0.2, 0.25) is 0 Å². The van der Waals surface area contributed by atoms with Gasteiger partial charge in [-0.1, -0.05) is 0 Å². The summed E-state index contributed by atoms with van der Waals surface area (Å²) in [6.45, 7) is 3.74. The Balaban J connectivity index is 2.54. The molecule has 2 N–H and O–H groups in total. The summed E-state index contributed by atoms with van der Waals surface area (Å²) in [5.74, 6) is 0.117. The van der Waals surface area contributed by atoms with Crippen LogP contribution in [0.25, 0.3) is 0 Å². The third kappa shape index (κ3) is 4.45. The van der Waals surface area contributed by atoms with E-state index in [0.717, 1.165) is 0 Å². The number of carbonyl (C=O) groups is 1. The topological polar surface area (TPSA) is 97.2 Å². The van der Waals surface area contributed by atoms with Crippen molar-refractivity contribution in [2.45, 2.75) is 19.9 Å². The van der Waals surface area contributed by atoms with Crippen molar-refractivity contribution in [1.29, 1.82) is 0 Å². The van der Waals surface area contributed by atoms with Crippen molar-refractivity contribution in [2.75, 3.05) is 11.9 Å². The minimum Gasteiger partial charge on any atom is -0.361 e. The highest BCUT2D eigenvalue weighted by Crippen LogP contribution is 2.13. The molecule has 0 spiro atoms. The Kier molecular flexibility index (Phi) is 4.38. The van der Waals surface area contributed by atoms with E-state index < -0.39 is 4.92 Å². The number of pyridine rings is 1. The van der Waals surface area contributed by atoms with Gasteiger partial charge < -0.3 is 10.6 Å². The lowest BCUT2D eigenvalue weighted by Gasteiger charge is -2.09. The second kappa shape index (κ2) is 5.78. The quantitative estimate of drug-likeness (QED) is 0.587. The van der Waals surface area contributed by atoms with E-state index in [1.165, 1.54) is 18.3 Å². The Morgan fingerprint density at radius 1 is 1.59 bits per heavy atom. The van der Waals surface area contributed by atoms with Gasteiger partial charge >= 0.3 is 0 Å². The number of nitro groups is 1. The minimum atomic E-state index is -0.513. The average Bonchev–Trinajstić information content (AvgIpc) is 2.26. The van der Waals surface area contributed by atoms with Crippen LogP contribution >= 0.6 is 0 Å². The van der Waals surface area contributed by atoms with Gasteiger partial charge in [0.05, 0.1) is 17.5 Å². The molecule has 0 saturated carbocycles. The summed E-state index contributed by atoms with van der Waals surface area (Å²) >= 11 is 0. The summed E-state index contributed by atoms with van der Waals surface area (Å²) in [6.07, 6.45) is 1.32. The summed E-state index contributed by atoms with van der Waals surface area (Å²) in [7, 11) is 0. The summed E-state index contributed by atoms with van der Waals surface area (Å²) in [4.78, 5) is 25.2. The fourth-order valence-corrected chi connectivity index (χ4v) is 1.17. The zero-order valence-electron chi connectivity index (χ0n) is 9.64. The van der Waals surface area contributed by atoms with Crippen LogP contribution in [0.15, 0.2) is 18.3 Å². The molecule has 0 unspecified atom stereocenters. The van der Waals surface area contributed by atoms with E-state index in [2.05, 4.69) is 15.6 Å². The van der Waals surface area contributed by atoms with Gasteiger partial charge in [-0.3, -0.25) is 14.9 Å². The standard InChI is InChI=1S/C10H14N4O3/c1-7(2)13-10(15)6-12-9-5-8(14(16)17)3-4-11-9/h3-5,7H,6H2,1-2H3,(H,11,12)(H,13,15). The van der Waals surface area contributed by atoms with Crippen LogP contribution in [0.3, 0.4) is 0 Å². The second-order valence-electron chi connectivity index (χ2n) is 3.73. The predicted molar refractivity (Wildman–Crippen MR) is 62.7 cm³/mol. The molecule has 7 nitrogen and oxygen atoms in total. The van der Waals surface area contributed by atoms with Gasteiger partial charge in [0.1, 0.15) is 5.82 Å². The van der Waals surface area contributed by atoms with Crippen molar-refractivity contribution in [3.05, 3.63) is 28.4 Å². The monoisotopic (exact) mass is 238 g/mol. The van der Waals surface area contributed by atoms with E-state index in [9.17, 15) is 14.9 Å². The molecule has 0 radical (unpaired) electrons. The zero-order chi connectivity index (χ0) is 12.8. The van der Waals surface area contributed by atoms with Crippen LogP contribution in [0, 0.1) is 10.1 Å². The van der Waals surface area contributed by atoms with Crippen molar-refractivity contribution in [3.63, 3.8) is 0 Å². The Morgan fingerprint density at radius 3 is 2.88 bits per heavy atom. The molecule has 0 aliphatic heterocycles. The highest BCUT2D eigenvalue weighted by atomic mass is 16.6. The highest BCUT2D eigenvalue weighted by Gasteiger charge is 2.08. The molecule has 7 heteroatoms. The number of nitrogens with one attached hydrogen (secondary N) is 2. The SMILES string of the molecule is CC(C)NC(=O)CNc1cc([N+](=O)[O-])ccn1. The maximum absolute atomic E-state index is 11.3. The van der Waals surface area contributed by atoms with Crippen molar-refractivity contribution < 1.29 is 9.72 Å². The van der Waals surface area contributed by atoms with E-state index in [0.29, 0.717) is 5.82 Å². The van der Waals surface area contributed by atoms with Crippen molar-refractivity contribution in [1.82, 2.24) is 10.3 Å². The second-order valence-corrected chi connectivity index (χ2v) is 3.73. The smallest absolute Gasteiger partial charge is 0.274 e. The lowest BCUT2D eigenvalue weighted by Crippen LogP contribution is -2.34. The summed E-state index contributed by atoms with van der Waals surface area (Å²) in [5.41, 5.74) is -0.0632. The molecule has 1 rings (SSSR count). The van der Waals surface area contributed by atoms with E-state index in [4.69, 9.17) is 0 Å². The lowest BCUT2D eigenvalue weighted by atomic mass is 10.3. The third-order valence-electron chi connectivity index (χ3n) is 1.83. The Labute approximate surface area is 98.4 Å². The molecule has 0 bridgehead atoms. The molecule has 92 valence electrons. The molecule has 0 saturated heterocycles. The van der Waals surface area contributed by atoms with Crippen molar-refractivity contribution in [3.8, 4) is 0 Å². The molecule has 1 aromatic heterocycles. The van der Waals surface area contributed by atoms with Crippen molar-refractivity contribution >= 4 is 17.4 Å². The minimum absolute atomic E-state index is 0.0341. The van der Waals surface area contributed by atoms with Gasteiger partial charge in [-0.05, 0) is 13.8 Å². The average molecular weight is 238 g/mol. The lowest BCUT2D eigenvalue weighted by molar-refractivity contribution is -0.384. The number of hydrogen-bond donors (Lipinski definition) is 2. The number of carbonyl (C=O) groups excluding carboxylic acids is 1. The number of aromatic nitrogens is 1. The van der Waals surface area contributed by atoms with Gasteiger partial charge in [0.2, 0.25) is 5.91 Å². The normalized spacial score (nSPS) is 10.1. The summed E-state index contributed by atoms with van der Waals surface area (Å²) < 4.78 is 0. The van der Waals surface area contributed by atoms with Gasteiger partial charge in [0.25, 0.3) is 5.69 Å².